The summed E-state index contributed by atoms with van der Waals surface area (Å²) >= 11 is 0. The number of benzene rings is 1. The van der Waals surface area contributed by atoms with Gasteiger partial charge in [0.25, 0.3) is 5.91 Å². The molecule has 2 rings (SSSR count). The van der Waals surface area contributed by atoms with Crippen LogP contribution in [-0.2, 0) is 6.18 Å². The van der Waals surface area contributed by atoms with Gasteiger partial charge < -0.3 is 10.7 Å². The quantitative estimate of drug-likeness (QED) is 0.595. The lowest BCUT2D eigenvalue weighted by molar-refractivity contribution is -0.137. The number of amides is 1. The van der Waals surface area contributed by atoms with Crippen LogP contribution in [-0.4, -0.2) is 15.9 Å². The third-order valence-electron chi connectivity index (χ3n) is 2.58. The van der Waals surface area contributed by atoms with Crippen molar-refractivity contribution in [2.45, 2.75) is 6.18 Å². The van der Waals surface area contributed by atoms with Gasteiger partial charge in [0.1, 0.15) is 6.33 Å². The number of nitrogens with two attached hydrogens (primary N) is 1. The van der Waals surface area contributed by atoms with Gasteiger partial charge in [-0.3, -0.25) is 10.6 Å². The summed E-state index contributed by atoms with van der Waals surface area (Å²) in [6.07, 6.45) is -0.747. The van der Waals surface area contributed by atoms with Crippen LogP contribution in [0.2, 0.25) is 0 Å². The highest BCUT2D eigenvalue weighted by Crippen LogP contribution is 2.36. The molecule has 0 aliphatic rings. The largest absolute Gasteiger partial charge is 0.418 e. The fourth-order valence-electron chi connectivity index (χ4n) is 1.70. The number of aromatic nitrogens is 2. The molecule has 0 saturated heterocycles. The molecule has 110 valence electrons. The summed E-state index contributed by atoms with van der Waals surface area (Å²) in [4.78, 5) is 19.4. The predicted octanol–water partition coefficient (Wildman–Crippen LogP) is 2.03. The van der Waals surface area contributed by atoms with Gasteiger partial charge in [0, 0.05) is 0 Å². The van der Waals surface area contributed by atoms with E-state index in [9.17, 15) is 18.0 Å². The smallest absolute Gasteiger partial charge is 0.323 e. The maximum Gasteiger partial charge on any atom is 0.418 e. The van der Waals surface area contributed by atoms with Crippen molar-refractivity contribution in [1.82, 2.24) is 9.97 Å². The first-order valence-corrected chi connectivity index (χ1v) is 5.66. The highest BCUT2D eigenvalue weighted by molar-refractivity contribution is 6.08. The molecule has 4 N–H and O–H groups in total. The van der Waals surface area contributed by atoms with E-state index in [0.29, 0.717) is 0 Å². The number of para-hydroxylation sites is 1. The van der Waals surface area contributed by atoms with E-state index in [2.05, 4.69) is 15.3 Å². The molecule has 0 spiro atoms. The molecule has 2 aromatic rings. The maximum absolute atomic E-state index is 12.9. The molecule has 0 unspecified atom stereocenters. The van der Waals surface area contributed by atoms with E-state index in [1.54, 1.807) is 0 Å². The highest BCUT2D eigenvalue weighted by Gasteiger charge is 2.35. The Morgan fingerprint density at radius 1 is 1.19 bits per heavy atom. The van der Waals surface area contributed by atoms with Crippen LogP contribution >= 0.6 is 0 Å². The number of halogens is 3. The number of carbonyl (C=O) groups is 1. The van der Waals surface area contributed by atoms with Crippen LogP contribution in [0.5, 0.6) is 0 Å². The summed E-state index contributed by atoms with van der Waals surface area (Å²) < 4.78 is 38.6. The molecule has 9 heteroatoms. The Balaban J connectivity index is 2.38. The van der Waals surface area contributed by atoms with E-state index >= 15 is 0 Å². The van der Waals surface area contributed by atoms with Crippen molar-refractivity contribution in [3.8, 4) is 0 Å². The van der Waals surface area contributed by atoms with Gasteiger partial charge in [-0.1, -0.05) is 6.07 Å². The lowest BCUT2D eigenvalue weighted by atomic mass is 10.1. The first kappa shape index (κ1) is 14.7. The standard InChI is InChI=1S/C12H10F3N5O/c13-12(14,15)9-3-1-2-8(10(9)20-16)11(21)19-7-4-17-6-18-5-7/h1-6,20H,16H2,(H,19,21). The first-order chi connectivity index (χ1) is 9.93. The summed E-state index contributed by atoms with van der Waals surface area (Å²) in [5.41, 5.74) is 0.412. The Hall–Kier alpha value is -2.68. The fourth-order valence-corrected chi connectivity index (χ4v) is 1.70. The number of carbonyl (C=O) groups excluding carboxylic acids is 1. The van der Waals surface area contributed by atoms with E-state index < -0.39 is 23.3 Å². The van der Waals surface area contributed by atoms with Crippen LogP contribution in [0.4, 0.5) is 24.5 Å². The average Bonchev–Trinajstić information content (AvgIpc) is 2.46. The maximum atomic E-state index is 12.9. The Kier molecular flexibility index (Phi) is 4.03. The summed E-state index contributed by atoms with van der Waals surface area (Å²) in [5, 5.41) is 2.38. The zero-order chi connectivity index (χ0) is 15.5. The minimum absolute atomic E-state index is 0.240. The van der Waals surface area contributed by atoms with E-state index in [1.807, 2.05) is 5.43 Å². The Morgan fingerprint density at radius 2 is 1.86 bits per heavy atom. The molecule has 0 radical (unpaired) electrons. The van der Waals surface area contributed by atoms with Gasteiger partial charge in [-0.05, 0) is 12.1 Å². The van der Waals surface area contributed by atoms with E-state index in [1.165, 1.54) is 24.8 Å². The van der Waals surface area contributed by atoms with Crippen molar-refractivity contribution >= 4 is 17.3 Å². The van der Waals surface area contributed by atoms with Crippen molar-refractivity contribution in [1.29, 1.82) is 0 Å². The molecule has 1 amide bonds. The van der Waals surface area contributed by atoms with Gasteiger partial charge in [-0.15, -0.1) is 0 Å². The lowest BCUT2D eigenvalue weighted by Gasteiger charge is -2.15. The van der Waals surface area contributed by atoms with E-state index in [0.717, 1.165) is 12.1 Å². The molecule has 1 aromatic heterocycles. The molecule has 0 aliphatic heterocycles. The van der Waals surface area contributed by atoms with Gasteiger partial charge in [0.15, 0.2) is 0 Å². The van der Waals surface area contributed by atoms with Gasteiger partial charge in [-0.25, -0.2) is 9.97 Å². The molecule has 0 fully saturated rings. The Morgan fingerprint density at radius 3 is 2.43 bits per heavy atom. The summed E-state index contributed by atoms with van der Waals surface area (Å²) in [6.45, 7) is 0. The van der Waals surface area contributed by atoms with E-state index in [4.69, 9.17) is 5.84 Å². The number of nitrogen functional groups attached to an aromatic ring is 1. The van der Waals surface area contributed by atoms with Crippen LogP contribution < -0.4 is 16.6 Å². The number of alkyl halides is 3. The predicted molar refractivity (Wildman–Crippen MR) is 69.2 cm³/mol. The molecular weight excluding hydrogens is 287 g/mol. The highest BCUT2D eigenvalue weighted by atomic mass is 19.4. The zero-order valence-electron chi connectivity index (χ0n) is 10.5. The SMILES string of the molecule is NNc1c(C(=O)Nc2cncnc2)cccc1C(F)(F)F. The number of hydrogen-bond donors (Lipinski definition) is 3. The van der Waals surface area contributed by atoms with Crippen LogP contribution in [0.15, 0.2) is 36.9 Å². The average molecular weight is 297 g/mol. The lowest BCUT2D eigenvalue weighted by Crippen LogP contribution is -2.21. The third-order valence-corrected chi connectivity index (χ3v) is 2.58. The van der Waals surface area contributed by atoms with Crippen molar-refractivity contribution in [3.05, 3.63) is 48.0 Å². The number of anilines is 2. The van der Waals surface area contributed by atoms with Gasteiger partial charge in [0.05, 0.1) is 34.9 Å². The molecule has 21 heavy (non-hydrogen) atoms. The van der Waals surface area contributed by atoms with E-state index in [-0.39, 0.29) is 11.3 Å². The molecule has 0 saturated carbocycles. The Labute approximate surface area is 117 Å². The summed E-state index contributed by atoms with van der Waals surface area (Å²) in [7, 11) is 0. The minimum atomic E-state index is -4.63. The second-order valence-corrected chi connectivity index (χ2v) is 3.95. The summed E-state index contributed by atoms with van der Waals surface area (Å²) in [6, 6.07) is 3.18. The molecular formula is C12H10F3N5O. The van der Waals surface area contributed by atoms with Crippen molar-refractivity contribution < 1.29 is 18.0 Å². The number of hydrazine groups is 1. The number of nitrogens with zero attached hydrogens (tertiary/aromatic N) is 2. The number of rotatable bonds is 3. The van der Waals surface area contributed by atoms with Crippen LogP contribution in [0.3, 0.4) is 0 Å². The number of nitrogens with one attached hydrogen (secondary N) is 2. The van der Waals surface area contributed by atoms with Crippen LogP contribution in [0, 0.1) is 0 Å². The first-order valence-electron chi connectivity index (χ1n) is 5.66. The zero-order valence-corrected chi connectivity index (χ0v) is 10.5. The number of hydrogen-bond acceptors (Lipinski definition) is 5. The van der Waals surface area contributed by atoms with Gasteiger partial charge >= 0.3 is 6.18 Å². The molecule has 1 aromatic carbocycles. The van der Waals surface area contributed by atoms with Gasteiger partial charge in [0.2, 0.25) is 0 Å². The van der Waals surface area contributed by atoms with Crippen molar-refractivity contribution in [3.63, 3.8) is 0 Å². The molecule has 1 heterocycles. The third kappa shape index (κ3) is 3.26. The van der Waals surface area contributed by atoms with Crippen molar-refractivity contribution in [2.75, 3.05) is 10.7 Å². The Bertz CT molecular complexity index is 645. The monoisotopic (exact) mass is 297 g/mol. The summed E-state index contributed by atoms with van der Waals surface area (Å²) in [5.74, 6) is 4.36. The van der Waals surface area contributed by atoms with Gasteiger partial charge in [-0.2, -0.15) is 13.2 Å². The fraction of sp³-hybridized carbons (Fsp3) is 0.0833. The molecule has 0 aliphatic carbocycles. The molecule has 0 atom stereocenters. The topological polar surface area (TPSA) is 92.9 Å². The second kappa shape index (κ2) is 5.75. The van der Waals surface area contributed by atoms with Crippen LogP contribution in [0.25, 0.3) is 0 Å². The normalized spacial score (nSPS) is 11.0. The second-order valence-electron chi connectivity index (χ2n) is 3.95. The van der Waals surface area contributed by atoms with Crippen molar-refractivity contribution in [2.24, 2.45) is 5.84 Å². The molecule has 6 nitrogen and oxygen atoms in total. The molecule has 0 bridgehead atoms. The minimum Gasteiger partial charge on any atom is -0.323 e. The van der Waals surface area contributed by atoms with Crippen LogP contribution in [0.1, 0.15) is 15.9 Å².